The minimum Gasteiger partial charge on any atom is -0.465 e. The number of hydrogen-bond donors (Lipinski definition) is 0. The summed E-state index contributed by atoms with van der Waals surface area (Å²) in [4.78, 5) is 36.5. The maximum Gasteiger partial charge on any atom is 0.308 e. The number of carbonyl (C=O) groups excluding carboxylic acids is 3. The van der Waals surface area contributed by atoms with Crippen molar-refractivity contribution in [2.45, 2.75) is 59.8 Å². The Morgan fingerprint density at radius 1 is 1.05 bits per heavy atom. The Hall–Kier alpha value is -1.65. The number of unbranched alkanes of at least 4 members (excludes halogenated alkanes) is 3. The predicted molar refractivity (Wildman–Crippen MR) is 84.0 cm³/mol. The summed E-state index contributed by atoms with van der Waals surface area (Å²) in [6.07, 6.45) is 4.24. The van der Waals surface area contributed by atoms with Gasteiger partial charge >= 0.3 is 5.97 Å². The minimum atomic E-state index is -0.162. The fraction of sp³-hybridized carbons (Fsp3) is 0.706. The van der Waals surface area contributed by atoms with E-state index >= 15 is 0 Å². The molecule has 1 aliphatic heterocycles. The molecule has 0 aromatic heterocycles. The molecule has 5 nitrogen and oxygen atoms in total. The van der Waals surface area contributed by atoms with Crippen LogP contribution >= 0.6 is 0 Å². The highest BCUT2D eigenvalue weighted by Gasteiger charge is 2.32. The number of carbonyl (C=O) groups is 3. The van der Waals surface area contributed by atoms with E-state index in [1.807, 2.05) is 13.8 Å². The standard InChI is InChI=1S/C17H27NO4/c1-5-12(2)17(21)22-11-9-7-6-8-10-18-15(19)13(3)14(4)16(18)20/h12H,5-11H2,1-4H3. The summed E-state index contributed by atoms with van der Waals surface area (Å²) in [6, 6.07) is 0. The SMILES string of the molecule is CCC(C)C(=O)OCCCCCCN1C(=O)C(C)=C(C)C1=O. The highest BCUT2D eigenvalue weighted by atomic mass is 16.5. The first-order valence-electron chi connectivity index (χ1n) is 8.10. The molecule has 1 unspecified atom stereocenters. The third-order valence-corrected chi connectivity index (χ3v) is 4.23. The molecule has 5 heteroatoms. The number of amides is 2. The van der Waals surface area contributed by atoms with Crippen LogP contribution in [-0.4, -0.2) is 35.8 Å². The quantitative estimate of drug-likeness (QED) is 0.373. The van der Waals surface area contributed by atoms with Crippen LogP contribution in [0, 0.1) is 5.92 Å². The number of nitrogens with zero attached hydrogens (tertiary/aromatic N) is 1. The molecular formula is C17H27NO4. The van der Waals surface area contributed by atoms with Gasteiger partial charge in [0.25, 0.3) is 11.8 Å². The van der Waals surface area contributed by atoms with Gasteiger partial charge in [-0.3, -0.25) is 19.3 Å². The van der Waals surface area contributed by atoms with Crippen LogP contribution in [-0.2, 0) is 19.1 Å². The zero-order chi connectivity index (χ0) is 16.7. The summed E-state index contributed by atoms with van der Waals surface area (Å²) in [5.74, 6) is -0.492. The lowest BCUT2D eigenvalue weighted by molar-refractivity contribution is -0.148. The van der Waals surface area contributed by atoms with Crippen molar-refractivity contribution in [2.24, 2.45) is 5.92 Å². The Bertz CT molecular complexity index is 443. The van der Waals surface area contributed by atoms with Crippen LogP contribution in [0.1, 0.15) is 59.8 Å². The fourth-order valence-corrected chi connectivity index (χ4v) is 2.23. The lowest BCUT2D eigenvalue weighted by atomic mass is 10.1. The monoisotopic (exact) mass is 309 g/mol. The zero-order valence-corrected chi connectivity index (χ0v) is 14.1. The second-order valence-corrected chi connectivity index (χ2v) is 5.90. The molecule has 1 atom stereocenters. The van der Waals surface area contributed by atoms with Crippen molar-refractivity contribution in [2.75, 3.05) is 13.2 Å². The van der Waals surface area contributed by atoms with Crippen LogP contribution in [0.15, 0.2) is 11.1 Å². The molecule has 1 rings (SSSR count). The third-order valence-electron chi connectivity index (χ3n) is 4.23. The molecule has 0 saturated heterocycles. The van der Waals surface area contributed by atoms with E-state index in [1.54, 1.807) is 13.8 Å². The topological polar surface area (TPSA) is 63.7 Å². The average molecular weight is 309 g/mol. The second-order valence-electron chi connectivity index (χ2n) is 5.90. The molecular weight excluding hydrogens is 282 g/mol. The highest BCUT2D eigenvalue weighted by Crippen LogP contribution is 2.20. The number of hydrogen-bond acceptors (Lipinski definition) is 4. The molecule has 0 spiro atoms. The van der Waals surface area contributed by atoms with Crippen LogP contribution in [0.3, 0.4) is 0 Å². The largest absolute Gasteiger partial charge is 0.465 e. The van der Waals surface area contributed by atoms with Crippen LogP contribution in [0.5, 0.6) is 0 Å². The van der Waals surface area contributed by atoms with E-state index in [0.717, 1.165) is 32.1 Å². The third kappa shape index (κ3) is 4.68. The normalized spacial score (nSPS) is 16.5. The van der Waals surface area contributed by atoms with Crippen molar-refractivity contribution in [3.8, 4) is 0 Å². The van der Waals surface area contributed by atoms with E-state index in [2.05, 4.69) is 0 Å². The van der Waals surface area contributed by atoms with Crippen molar-refractivity contribution in [3.63, 3.8) is 0 Å². The van der Waals surface area contributed by atoms with E-state index in [0.29, 0.717) is 24.3 Å². The summed E-state index contributed by atoms with van der Waals surface area (Å²) in [5.41, 5.74) is 1.11. The Labute approximate surface area is 132 Å². The number of rotatable bonds is 9. The zero-order valence-electron chi connectivity index (χ0n) is 14.1. The van der Waals surface area contributed by atoms with Gasteiger partial charge in [-0.1, -0.05) is 20.3 Å². The van der Waals surface area contributed by atoms with Gasteiger partial charge in [-0.25, -0.2) is 0 Å². The summed E-state index contributed by atoms with van der Waals surface area (Å²) in [5, 5.41) is 0. The lowest BCUT2D eigenvalue weighted by Crippen LogP contribution is -2.32. The number of imide groups is 1. The molecule has 1 heterocycles. The molecule has 0 aliphatic carbocycles. The van der Waals surface area contributed by atoms with Crippen LogP contribution in [0.2, 0.25) is 0 Å². The molecule has 22 heavy (non-hydrogen) atoms. The Morgan fingerprint density at radius 3 is 2.14 bits per heavy atom. The van der Waals surface area contributed by atoms with E-state index in [4.69, 9.17) is 4.74 Å². The van der Waals surface area contributed by atoms with Gasteiger partial charge in [0, 0.05) is 17.7 Å². The molecule has 0 radical (unpaired) electrons. The van der Waals surface area contributed by atoms with E-state index < -0.39 is 0 Å². The van der Waals surface area contributed by atoms with Gasteiger partial charge in [0.05, 0.1) is 12.5 Å². The van der Waals surface area contributed by atoms with E-state index in [-0.39, 0.29) is 23.7 Å². The molecule has 0 saturated carbocycles. The lowest BCUT2D eigenvalue weighted by Gasteiger charge is -2.14. The molecule has 0 bridgehead atoms. The summed E-state index contributed by atoms with van der Waals surface area (Å²) >= 11 is 0. The van der Waals surface area contributed by atoms with Gasteiger partial charge in [-0.2, -0.15) is 0 Å². The molecule has 2 amide bonds. The minimum absolute atomic E-state index is 0.0360. The average Bonchev–Trinajstić information content (AvgIpc) is 2.70. The van der Waals surface area contributed by atoms with Crippen molar-refractivity contribution in [1.29, 1.82) is 0 Å². The second kappa shape index (κ2) is 8.71. The molecule has 124 valence electrons. The smallest absolute Gasteiger partial charge is 0.308 e. The van der Waals surface area contributed by atoms with Gasteiger partial charge < -0.3 is 4.74 Å². The van der Waals surface area contributed by atoms with Crippen LogP contribution in [0.4, 0.5) is 0 Å². The maximum atomic E-state index is 11.8. The summed E-state index contributed by atoms with van der Waals surface area (Å²) < 4.78 is 5.17. The molecule has 0 fully saturated rings. The van der Waals surface area contributed by atoms with E-state index in [1.165, 1.54) is 4.90 Å². The number of ether oxygens (including phenoxy) is 1. The molecule has 0 aromatic carbocycles. The van der Waals surface area contributed by atoms with Crippen molar-refractivity contribution in [1.82, 2.24) is 4.90 Å². The molecule has 0 N–H and O–H groups in total. The summed E-state index contributed by atoms with van der Waals surface area (Å²) in [6.45, 7) is 8.14. The fourth-order valence-electron chi connectivity index (χ4n) is 2.23. The molecule has 0 aromatic rings. The van der Waals surface area contributed by atoms with Gasteiger partial charge in [0.15, 0.2) is 0 Å². The van der Waals surface area contributed by atoms with Crippen molar-refractivity contribution >= 4 is 17.8 Å². The first-order valence-corrected chi connectivity index (χ1v) is 8.10. The first-order chi connectivity index (χ1) is 10.4. The van der Waals surface area contributed by atoms with Gasteiger partial charge in [-0.05, 0) is 39.5 Å². The van der Waals surface area contributed by atoms with Gasteiger partial charge in [-0.15, -0.1) is 0 Å². The highest BCUT2D eigenvalue weighted by molar-refractivity contribution is 6.18. The van der Waals surface area contributed by atoms with Crippen LogP contribution < -0.4 is 0 Å². The van der Waals surface area contributed by atoms with Gasteiger partial charge in [0.2, 0.25) is 0 Å². The maximum absolute atomic E-state index is 11.8. The van der Waals surface area contributed by atoms with Crippen LogP contribution in [0.25, 0.3) is 0 Å². The summed E-state index contributed by atoms with van der Waals surface area (Å²) in [7, 11) is 0. The number of esters is 1. The first kappa shape index (κ1) is 18.4. The Balaban J connectivity index is 2.11. The van der Waals surface area contributed by atoms with Gasteiger partial charge in [0.1, 0.15) is 0 Å². The molecule has 1 aliphatic rings. The Morgan fingerprint density at radius 2 is 1.59 bits per heavy atom. The van der Waals surface area contributed by atoms with Crippen molar-refractivity contribution < 1.29 is 19.1 Å². The Kier molecular flexibility index (Phi) is 7.28. The van der Waals surface area contributed by atoms with E-state index in [9.17, 15) is 14.4 Å². The predicted octanol–water partition coefficient (Wildman–Crippen LogP) is 2.84. The van der Waals surface area contributed by atoms with Crippen molar-refractivity contribution in [3.05, 3.63) is 11.1 Å².